The smallest absolute Gasteiger partial charge is 0.410 e. The summed E-state index contributed by atoms with van der Waals surface area (Å²) in [5.41, 5.74) is 8.40. The second kappa shape index (κ2) is 6.06. The molecule has 3 rings (SSSR count). The molecule has 0 bridgehead atoms. The lowest BCUT2D eigenvalue weighted by Crippen LogP contribution is -2.44. The first-order chi connectivity index (χ1) is 11.7. The maximum absolute atomic E-state index is 13.2. The zero-order chi connectivity index (χ0) is 18.4. The van der Waals surface area contributed by atoms with Gasteiger partial charge in [0.15, 0.2) is 0 Å². The minimum absolute atomic E-state index is 0.259. The molecule has 1 aliphatic rings. The molecule has 0 saturated heterocycles. The van der Waals surface area contributed by atoms with Crippen LogP contribution in [0.25, 0.3) is 11.3 Å². The first kappa shape index (κ1) is 17.3. The Labute approximate surface area is 146 Å². The van der Waals surface area contributed by atoms with Gasteiger partial charge in [-0.1, -0.05) is 0 Å². The molecule has 2 N–H and O–H groups in total. The van der Waals surface area contributed by atoms with Crippen molar-refractivity contribution in [2.45, 2.75) is 45.9 Å². The highest BCUT2D eigenvalue weighted by Gasteiger charge is 2.34. The van der Waals surface area contributed by atoms with Crippen LogP contribution in [-0.4, -0.2) is 32.9 Å². The third-order valence-corrected chi connectivity index (χ3v) is 4.19. The van der Waals surface area contributed by atoms with E-state index < -0.39 is 5.60 Å². The highest BCUT2D eigenvalue weighted by atomic mass is 19.1. The zero-order valence-electron chi connectivity index (χ0n) is 14.9. The van der Waals surface area contributed by atoms with Gasteiger partial charge < -0.3 is 10.5 Å². The summed E-state index contributed by atoms with van der Waals surface area (Å²) in [6, 6.07) is 5.80. The van der Waals surface area contributed by atoms with Gasteiger partial charge in [0.1, 0.15) is 17.1 Å². The van der Waals surface area contributed by atoms with Gasteiger partial charge in [0.25, 0.3) is 0 Å². The van der Waals surface area contributed by atoms with E-state index in [2.05, 4.69) is 5.10 Å². The molecule has 2 aromatic rings. The van der Waals surface area contributed by atoms with Crippen molar-refractivity contribution in [3.05, 3.63) is 35.8 Å². The molecule has 1 unspecified atom stereocenters. The number of aromatic nitrogens is 2. The predicted molar refractivity (Wildman–Crippen MR) is 93.4 cm³/mol. The topological polar surface area (TPSA) is 73.4 Å². The molecule has 2 heterocycles. The number of carbonyl (C=O) groups excluding carboxylic acids is 1. The Hall–Kier alpha value is -2.57. The molecule has 1 aromatic heterocycles. The van der Waals surface area contributed by atoms with Crippen molar-refractivity contribution in [2.24, 2.45) is 0 Å². The van der Waals surface area contributed by atoms with Gasteiger partial charge in [0.05, 0.1) is 24.0 Å². The van der Waals surface area contributed by atoms with Crippen LogP contribution in [0.2, 0.25) is 0 Å². The van der Waals surface area contributed by atoms with Gasteiger partial charge in [-0.2, -0.15) is 5.10 Å². The second-order valence-corrected chi connectivity index (χ2v) is 7.23. The van der Waals surface area contributed by atoms with Crippen LogP contribution >= 0.6 is 0 Å². The average molecular weight is 346 g/mol. The Morgan fingerprint density at radius 3 is 2.52 bits per heavy atom. The fraction of sp³-hybridized carbons (Fsp3) is 0.444. The molecule has 7 heteroatoms. The third-order valence-electron chi connectivity index (χ3n) is 4.19. The van der Waals surface area contributed by atoms with Crippen LogP contribution in [0.15, 0.2) is 24.3 Å². The molecular formula is C18H23FN4O2. The van der Waals surface area contributed by atoms with Crippen LogP contribution in [0, 0.1) is 5.82 Å². The fourth-order valence-corrected chi connectivity index (χ4v) is 3.03. The highest BCUT2D eigenvalue weighted by molar-refractivity contribution is 5.76. The Kier molecular flexibility index (Phi) is 4.18. The lowest BCUT2D eigenvalue weighted by molar-refractivity contribution is 0.0121. The molecule has 1 atom stereocenters. The van der Waals surface area contributed by atoms with Crippen molar-refractivity contribution in [3.8, 4) is 11.3 Å². The van der Waals surface area contributed by atoms with Gasteiger partial charge >= 0.3 is 6.09 Å². The number of fused-ring (bicyclic) bond motifs is 1. The summed E-state index contributed by atoms with van der Waals surface area (Å²) < 4.78 is 20.5. The quantitative estimate of drug-likeness (QED) is 0.856. The SMILES string of the molecule is CC1c2c(N)c(-c3ccc(F)cc3)nn2CCN1C(=O)OC(C)(C)C. The number of nitrogens with zero attached hydrogens (tertiary/aromatic N) is 3. The minimum atomic E-state index is -0.556. The maximum Gasteiger partial charge on any atom is 0.410 e. The lowest BCUT2D eigenvalue weighted by Gasteiger charge is -2.35. The van der Waals surface area contributed by atoms with E-state index in [1.54, 1.807) is 17.0 Å². The number of hydrogen-bond acceptors (Lipinski definition) is 4. The molecule has 1 aromatic carbocycles. The van der Waals surface area contributed by atoms with Gasteiger partial charge in [-0.15, -0.1) is 0 Å². The van der Waals surface area contributed by atoms with Crippen LogP contribution in [0.5, 0.6) is 0 Å². The lowest BCUT2D eigenvalue weighted by atomic mass is 10.1. The molecule has 0 spiro atoms. The Balaban J connectivity index is 1.92. The van der Waals surface area contributed by atoms with Gasteiger partial charge in [0.2, 0.25) is 0 Å². The summed E-state index contributed by atoms with van der Waals surface area (Å²) in [6.45, 7) is 8.44. The molecule has 1 aliphatic heterocycles. The van der Waals surface area contributed by atoms with Crippen molar-refractivity contribution in [1.82, 2.24) is 14.7 Å². The van der Waals surface area contributed by atoms with Gasteiger partial charge in [0, 0.05) is 12.1 Å². The predicted octanol–water partition coefficient (Wildman–Crippen LogP) is 3.58. The van der Waals surface area contributed by atoms with E-state index in [1.165, 1.54) is 12.1 Å². The number of rotatable bonds is 1. The van der Waals surface area contributed by atoms with Gasteiger partial charge in [-0.3, -0.25) is 9.58 Å². The number of hydrogen-bond donors (Lipinski definition) is 1. The summed E-state index contributed by atoms with van der Waals surface area (Å²) in [6.07, 6.45) is -0.366. The van der Waals surface area contributed by atoms with Crippen LogP contribution in [-0.2, 0) is 11.3 Å². The number of halogens is 1. The summed E-state index contributed by atoms with van der Waals surface area (Å²) in [5.74, 6) is -0.309. The second-order valence-electron chi connectivity index (χ2n) is 7.23. The largest absolute Gasteiger partial charge is 0.444 e. The zero-order valence-corrected chi connectivity index (χ0v) is 14.9. The molecule has 0 radical (unpaired) electrons. The Morgan fingerprint density at radius 2 is 1.92 bits per heavy atom. The molecule has 0 fully saturated rings. The van der Waals surface area contributed by atoms with E-state index in [9.17, 15) is 9.18 Å². The van der Waals surface area contributed by atoms with E-state index in [4.69, 9.17) is 10.5 Å². The Bertz CT molecular complexity index is 793. The molecule has 134 valence electrons. The van der Waals surface area contributed by atoms with E-state index in [0.29, 0.717) is 24.5 Å². The number of carbonyl (C=O) groups is 1. The molecular weight excluding hydrogens is 323 g/mol. The highest BCUT2D eigenvalue weighted by Crippen LogP contribution is 2.36. The fourth-order valence-electron chi connectivity index (χ4n) is 3.03. The molecule has 0 saturated carbocycles. The van der Waals surface area contributed by atoms with Crippen molar-refractivity contribution in [2.75, 3.05) is 12.3 Å². The van der Waals surface area contributed by atoms with E-state index in [-0.39, 0.29) is 18.0 Å². The van der Waals surface area contributed by atoms with Crippen LogP contribution in [0.4, 0.5) is 14.9 Å². The number of nitrogen functional groups attached to an aromatic ring is 1. The molecule has 0 aliphatic carbocycles. The minimum Gasteiger partial charge on any atom is -0.444 e. The van der Waals surface area contributed by atoms with E-state index in [0.717, 1.165) is 11.3 Å². The Morgan fingerprint density at radius 1 is 1.28 bits per heavy atom. The summed E-state index contributed by atoms with van der Waals surface area (Å²) >= 11 is 0. The van der Waals surface area contributed by atoms with Crippen molar-refractivity contribution in [3.63, 3.8) is 0 Å². The van der Waals surface area contributed by atoms with Crippen LogP contribution in [0.1, 0.15) is 39.4 Å². The monoisotopic (exact) mass is 346 g/mol. The first-order valence-corrected chi connectivity index (χ1v) is 8.29. The van der Waals surface area contributed by atoms with E-state index >= 15 is 0 Å². The molecule has 1 amide bonds. The van der Waals surface area contributed by atoms with Crippen LogP contribution in [0.3, 0.4) is 0 Å². The maximum atomic E-state index is 13.2. The summed E-state index contributed by atoms with van der Waals surface area (Å²) in [5, 5.41) is 4.56. The average Bonchev–Trinajstić information content (AvgIpc) is 2.84. The van der Waals surface area contributed by atoms with Gasteiger partial charge in [-0.25, -0.2) is 9.18 Å². The normalized spacial score (nSPS) is 17.3. The first-order valence-electron chi connectivity index (χ1n) is 8.29. The number of ether oxygens (including phenoxy) is 1. The van der Waals surface area contributed by atoms with E-state index in [1.807, 2.05) is 32.4 Å². The third kappa shape index (κ3) is 3.31. The van der Waals surface area contributed by atoms with Crippen LogP contribution < -0.4 is 5.73 Å². The summed E-state index contributed by atoms with van der Waals surface area (Å²) in [4.78, 5) is 14.1. The van der Waals surface area contributed by atoms with Crippen molar-refractivity contribution in [1.29, 1.82) is 0 Å². The summed E-state index contributed by atoms with van der Waals surface area (Å²) in [7, 11) is 0. The number of amides is 1. The van der Waals surface area contributed by atoms with Crippen molar-refractivity contribution >= 4 is 11.8 Å². The van der Waals surface area contributed by atoms with Gasteiger partial charge in [-0.05, 0) is 52.0 Å². The van der Waals surface area contributed by atoms with Crippen molar-refractivity contribution < 1.29 is 13.9 Å². The molecule has 25 heavy (non-hydrogen) atoms. The standard InChI is InChI=1S/C18H23FN4O2/c1-11-16-14(20)15(12-5-7-13(19)8-6-12)21-23(16)10-9-22(11)17(24)25-18(2,3)4/h5-8,11H,9-10,20H2,1-4H3. The molecule has 6 nitrogen and oxygen atoms in total. The number of benzene rings is 1. The number of anilines is 1. The number of nitrogens with two attached hydrogens (primary N) is 1.